The molecule has 76 valence electrons. The summed E-state index contributed by atoms with van der Waals surface area (Å²) in [5.41, 5.74) is 1.30. The number of hydrogen-bond donors (Lipinski definition) is 1. The van der Waals surface area contributed by atoms with E-state index in [0.29, 0.717) is 5.69 Å². The number of aryl methyl sites for hydroxylation is 1. The Kier molecular flexibility index (Phi) is 2.00. The van der Waals surface area contributed by atoms with Crippen molar-refractivity contribution in [3.63, 3.8) is 0 Å². The largest absolute Gasteiger partial charge is 0.508 e. The van der Waals surface area contributed by atoms with E-state index >= 15 is 0 Å². The second-order valence-electron chi connectivity index (χ2n) is 3.26. The van der Waals surface area contributed by atoms with Gasteiger partial charge < -0.3 is 5.11 Å². The standard InChI is InChI=1S/C12H11NO2/c1-9-2-7-12(15)13(8-9)10-3-5-11(14)6-4-10/h2-8,14H,1H3/i1D. The van der Waals surface area contributed by atoms with E-state index in [0.717, 1.165) is 5.56 Å². The summed E-state index contributed by atoms with van der Waals surface area (Å²) in [4.78, 5) is 11.6. The summed E-state index contributed by atoms with van der Waals surface area (Å²) in [5, 5.41) is 9.16. The van der Waals surface area contributed by atoms with Gasteiger partial charge in [-0.2, -0.15) is 0 Å². The molecule has 2 aromatic rings. The second kappa shape index (κ2) is 3.61. The highest BCUT2D eigenvalue weighted by atomic mass is 16.3. The molecule has 0 saturated carbocycles. The van der Waals surface area contributed by atoms with Crippen LogP contribution < -0.4 is 5.56 Å². The maximum Gasteiger partial charge on any atom is 0.255 e. The van der Waals surface area contributed by atoms with Crippen LogP contribution in [0.15, 0.2) is 47.4 Å². The van der Waals surface area contributed by atoms with Crippen molar-refractivity contribution in [2.75, 3.05) is 0 Å². The SMILES string of the molecule is [2H]Cc1ccc(=O)n(-c2ccc(O)cc2)c1. The quantitative estimate of drug-likeness (QED) is 0.766. The third-order valence-corrected chi connectivity index (χ3v) is 2.10. The van der Waals surface area contributed by atoms with Crippen LogP contribution in [0, 0.1) is 6.90 Å². The van der Waals surface area contributed by atoms with Gasteiger partial charge >= 0.3 is 0 Å². The Hall–Kier alpha value is -2.03. The molecule has 0 aliphatic rings. The number of phenols is 1. The van der Waals surface area contributed by atoms with Crippen LogP contribution in [0.2, 0.25) is 0 Å². The van der Waals surface area contributed by atoms with Gasteiger partial charge in [0, 0.05) is 19.3 Å². The Morgan fingerprint density at radius 1 is 1.20 bits per heavy atom. The van der Waals surface area contributed by atoms with Gasteiger partial charge in [-0.3, -0.25) is 9.36 Å². The van der Waals surface area contributed by atoms with E-state index in [9.17, 15) is 4.79 Å². The van der Waals surface area contributed by atoms with Crippen LogP contribution in [0.4, 0.5) is 0 Å². The second-order valence-corrected chi connectivity index (χ2v) is 3.26. The minimum absolute atomic E-state index is 0.137. The van der Waals surface area contributed by atoms with Crippen molar-refractivity contribution in [3.8, 4) is 11.4 Å². The van der Waals surface area contributed by atoms with Crippen molar-refractivity contribution < 1.29 is 6.48 Å². The van der Waals surface area contributed by atoms with Crippen molar-refractivity contribution in [2.45, 2.75) is 6.90 Å². The van der Waals surface area contributed by atoms with E-state index in [-0.39, 0.29) is 18.2 Å². The zero-order chi connectivity index (χ0) is 11.5. The molecule has 0 unspecified atom stereocenters. The summed E-state index contributed by atoms with van der Waals surface area (Å²) in [6.07, 6.45) is 1.64. The van der Waals surface area contributed by atoms with E-state index in [1.807, 2.05) is 0 Å². The van der Waals surface area contributed by atoms with Crippen LogP contribution in [0.25, 0.3) is 5.69 Å². The maximum atomic E-state index is 11.6. The molecule has 0 radical (unpaired) electrons. The average Bonchev–Trinajstić information content (AvgIpc) is 2.31. The Labute approximate surface area is 88.6 Å². The van der Waals surface area contributed by atoms with Crippen molar-refractivity contribution >= 4 is 0 Å². The molecule has 0 bridgehead atoms. The molecule has 3 nitrogen and oxygen atoms in total. The molecule has 2 rings (SSSR count). The average molecular weight is 202 g/mol. The number of aromatic nitrogens is 1. The summed E-state index contributed by atoms with van der Waals surface area (Å²) in [6, 6.07) is 9.45. The van der Waals surface area contributed by atoms with Crippen molar-refractivity contribution in [3.05, 3.63) is 58.5 Å². The van der Waals surface area contributed by atoms with Gasteiger partial charge in [-0.25, -0.2) is 0 Å². The van der Waals surface area contributed by atoms with Crippen LogP contribution in [-0.4, -0.2) is 9.67 Å². The highest BCUT2D eigenvalue weighted by Gasteiger charge is 1.99. The van der Waals surface area contributed by atoms with Gasteiger partial charge in [-0.05, 0) is 36.7 Å². The van der Waals surface area contributed by atoms with Gasteiger partial charge in [0.25, 0.3) is 5.56 Å². The number of aromatic hydroxyl groups is 1. The van der Waals surface area contributed by atoms with Crippen molar-refractivity contribution in [1.29, 1.82) is 0 Å². The molecule has 0 saturated heterocycles. The van der Waals surface area contributed by atoms with Crippen molar-refractivity contribution in [1.82, 2.24) is 4.57 Å². The number of nitrogens with zero attached hydrogens (tertiary/aromatic N) is 1. The van der Waals surface area contributed by atoms with Gasteiger partial charge in [-0.1, -0.05) is 6.07 Å². The first kappa shape index (κ1) is 8.29. The Balaban J connectivity index is 2.54. The van der Waals surface area contributed by atoms with E-state index in [4.69, 9.17) is 6.48 Å². The summed E-state index contributed by atoms with van der Waals surface area (Å²) in [6.45, 7) is 0.137. The molecule has 0 aliphatic carbocycles. The number of pyridine rings is 1. The topological polar surface area (TPSA) is 42.2 Å². The summed E-state index contributed by atoms with van der Waals surface area (Å²) < 4.78 is 8.71. The van der Waals surface area contributed by atoms with Crippen LogP contribution in [-0.2, 0) is 0 Å². The minimum atomic E-state index is -0.150. The van der Waals surface area contributed by atoms with E-state index < -0.39 is 0 Å². The van der Waals surface area contributed by atoms with Crippen molar-refractivity contribution in [2.24, 2.45) is 0 Å². The fourth-order valence-corrected chi connectivity index (χ4v) is 1.35. The predicted octanol–water partition coefficient (Wildman–Crippen LogP) is 1.85. The molecule has 0 atom stereocenters. The van der Waals surface area contributed by atoms with E-state index in [2.05, 4.69) is 0 Å². The Morgan fingerprint density at radius 3 is 2.60 bits per heavy atom. The lowest BCUT2D eigenvalue weighted by molar-refractivity contribution is 0.475. The van der Waals surface area contributed by atoms with E-state index in [1.165, 1.54) is 22.8 Å². The Bertz CT molecular complexity index is 546. The molecule has 1 aromatic carbocycles. The van der Waals surface area contributed by atoms with Crippen LogP contribution >= 0.6 is 0 Å². The molecule has 0 spiro atoms. The molecule has 1 aromatic heterocycles. The minimum Gasteiger partial charge on any atom is -0.508 e. The van der Waals surface area contributed by atoms with Gasteiger partial charge in [0.1, 0.15) is 5.75 Å². The van der Waals surface area contributed by atoms with Crippen LogP contribution in [0.1, 0.15) is 6.93 Å². The molecule has 0 aliphatic heterocycles. The molecular formula is C12H11NO2. The fourth-order valence-electron chi connectivity index (χ4n) is 1.35. The first-order valence-electron chi connectivity index (χ1n) is 5.21. The summed E-state index contributed by atoms with van der Waals surface area (Å²) in [7, 11) is 0. The number of rotatable bonds is 1. The Morgan fingerprint density at radius 2 is 1.93 bits per heavy atom. The first-order valence-corrected chi connectivity index (χ1v) is 4.51. The van der Waals surface area contributed by atoms with Gasteiger partial charge in [0.2, 0.25) is 0 Å². The number of phenolic OH excluding ortho intramolecular Hbond substituents is 1. The highest BCUT2D eigenvalue weighted by molar-refractivity contribution is 5.37. The van der Waals surface area contributed by atoms with E-state index in [1.54, 1.807) is 24.4 Å². The predicted molar refractivity (Wildman–Crippen MR) is 58.4 cm³/mol. The smallest absolute Gasteiger partial charge is 0.255 e. The summed E-state index contributed by atoms with van der Waals surface area (Å²) in [5.74, 6) is 0.161. The highest BCUT2D eigenvalue weighted by Crippen LogP contribution is 2.12. The normalized spacial score (nSPS) is 11.1. The summed E-state index contributed by atoms with van der Waals surface area (Å²) >= 11 is 0. The molecule has 1 N–H and O–H groups in total. The zero-order valence-corrected chi connectivity index (χ0v) is 8.05. The van der Waals surface area contributed by atoms with Gasteiger partial charge in [0.05, 0.1) is 0 Å². The molecule has 3 heteroatoms. The van der Waals surface area contributed by atoms with Gasteiger partial charge in [-0.15, -0.1) is 0 Å². The lowest BCUT2D eigenvalue weighted by atomic mass is 10.2. The first-order chi connectivity index (χ1) is 7.70. The van der Waals surface area contributed by atoms with Crippen LogP contribution in [0.5, 0.6) is 5.75 Å². The molecule has 0 fully saturated rings. The number of benzene rings is 1. The third-order valence-electron chi connectivity index (χ3n) is 2.10. The lowest BCUT2D eigenvalue weighted by Crippen LogP contribution is -2.16. The zero-order valence-electron chi connectivity index (χ0n) is 9.05. The monoisotopic (exact) mass is 202 g/mol. The molecule has 0 amide bonds. The van der Waals surface area contributed by atoms with Gasteiger partial charge in [0.15, 0.2) is 0 Å². The maximum absolute atomic E-state index is 11.6. The molecule has 15 heavy (non-hydrogen) atoms. The molecular weight excluding hydrogens is 190 g/mol. The molecule has 1 heterocycles. The third kappa shape index (κ3) is 1.91. The number of hydrogen-bond acceptors (Lipinski definition) is 2. The fraction of sp³-hybridized carbons (Fsp3) is 0.0833. The lowest BCUT2D eigenvalue weighted by Gasteiger charge is -2.05. The van der Waals surface area contributed by atoms with Crippen LogP contribution in [0.3, 0.4) is 0 Å².